The van der Waals surface area contributed by atoms with Crippen molar-refractivity contribution in [2.75, 3.05) is 41.4 Å². The maximum absolute atomic E-state index is 13.3. The van der Waals surface area contributed by atoms with E-state index in [4.69, 9.17) is 4.74 Å². The van der Waals surface area contributed by atoms with Gasteiger partial charge >= 0.3 is 0 Å². The molecule has 0 saturated heterocycles. The first-order valence-electron chi connectivity index (χ1n) is 11.1. The summed E-state index contributed by atoms with van der Waals surface area (Å²) in [4.78, 5) is 12.7. The summed E-state index contributed by atoms with van der Waals surface area (Å²) in [6, 6.07) is 17.6. The van der Waals surface area contributed by atoms with E-state index in [1.807, 2.05) is 6.92 Å². The van der Waals surface area contributed by atoms with Crippen LogP contribution >= 0.6 is 0 Å². The van der Waals surface area contributed by atoms with Crippen LogP contribution in [0.1, 0.15) is 12.5 Å². The Labute approximate surface area is 212 Å². The molecule has 0 fully saturated rings. The van der Waals surface area contributed by atoms with Crippen molar-refractivity contribution in [3.05, 3.63) is 72.3 Å². The van der Waals surface area contributed by atoms with Crippen LogP contribution < -0.4 is 19.7 Å². The van der Waals surface area contributed by atoms with E-state index in [-0.39, 0.29) is 28.7 Å². The third-order valence-corrected chi connectivity index (χ3v) is 8.32. The molecular formula is C25H29N3O6S2. The van der Waals surface area contributed by atoms with E-state index in [9.17, 15) is 21.6 Å². The number of nitrogens with zero attached hydrogens (tertiary/aromatic N) is 1. The number of rotatable bonds is 10. The van der Waals surface area contributed by atoms with Gasteiger partial charge in [-0.1, -0.05) is 29.8 Å². The predicted octanol–water partition coefficient (Wildman–Crippen LogP) is 3.67. The van der Waals surface area contributed by atoms with Crippen molar-refractivity contribution in [2.24, 2.45) is 0 Å². The Kier molecular flexibility index (Phi) is 8.26. The number of carbonyl (C=O) groups excluding carboxylic acids is 1. The minimum absolute atomic E-state index is 0.00451. The van der Waals surface area contributed by atoms with Crippen LogP contribution in [-0.2, 0) is 24.7 Å². The van der Waals surface area contributed by atoms with Crippen LogP contribution in [0.15, 0.2) is 76.5 Å². The molecule has 0 aliphatic rings. The van der Waals surface area contributed by atoms with E-state index >= 15 is 0 Å². The number of ether oxygens (including phenoxy) is 1. The Morgan fingerprint density at radius 3 is 2.28 bits per heavy atom. The lowest BCUT2D eigenvalue weighted by Gasteiger charge is -2.18. The SMILES string of the molecule is CCOc1c(NCC(=O)Nc2cccc(N(C)S(C)(=O)=O)c2)cccc1S(=O)(=O)c1ccc(C)cc1. The first kappa shape index (κ1) is 27.0. The normalized spacial score (nSPS) is 11.6. The van der Waals surface area contributed by atoms with Gasteiger partial charge in [-0.05, 0) is 56.3 Å². The number of sulfone groups is 1. The standard InChI is InChI=1S/C25H29N3O6S2/c1-5-34-25-22(10-7-11-23(25)36(32,33)21-14-12-18(2)13-15-21)26-17-24(29)27-19-8-6-9-20(16-19)28(3)35(4,30)31/h6-16,26H,5,17H2,1-4H3,(H,27,29). The zero-order valence-corrected chi connectivity index (χ0v) is 22.1. The number of hydrogen-bond acceptors (Lipinski definition) is 7. The van der Waals surface area contributed by atoms with Crippen LogP contribution in [0.2, 0.25) is 0 Å². The fourth-order valence-electron chi connectivity index (χ4n) is 3.36. The van der Waals surface area contributed by atoms with E-state index in [2.05, 4.69) is 10.6 Å². The number of nitrogens with one attached hydrogen (secondary N) is 2. The zero-order valence-electron chi connectivity index (χ0n) is 20.5. The third-order valence-electron chi connectivity index (χ3n) is 5.32. The number of hydrogen-bond donors (Lipinski definition) is 2. The second kappa shape index (κ2) is 11.0. The maximum atomic E-state index is 13.3. The summed E-state index contributed by atoms with van der Waals surface area (Å²) in [6.45, 7) is 3.66. The second-order valence-corrected chi connectivity index (χ2v) is 12.0. The maximum Gasteiger partial charge on any atom is 0.243 e. The summed E-state index contributed by atoms with van der Waals surface area (Å²) in [6.07, 6.45) is 1.09. The van der Waals surface area contributed by atoms with Gasteiger partial charge in [-0.15, -0.1) is 0 Å². The van der Waals surface area contributed by atoms with Crippen LogP contribution in [0.25, 0.3) is 0 Å². The second-order valence-electron chi connectivity index (χ2n) is 8.06. The van der Waals surface area contributed by atoms with Crippen LogP contribution in [0, 0.1) is 6.92 Å². The average molecular weight is 532 g/mol. The van der Waals surface area contributed by atoms with Gasteiger partial charge in [-0.3, -0.25) is 9.10 Å². The van der Waals surface area contributed by atoms with Gasteiger partial charge in [-0.2, -0.15) is 0 Å². The van der Waals surface area contributed by atoms with Crippen molar-refractivity contribution < 1.29 is 26.4 Å². The van der Waals surface area contributed by atoms with Gasteiger partial charge in [-0.25, -0.2) is 16.8 Å². The molecule has 0 radical (unpaired) electrons. The smallest absolute Gasteiger partial charge is 0.243 e. The molecule has 0 heterocycles. The van der Waals surface area contributed by atoms with Crippen LogP contribution in [0.3, 0.4) is 0 Å². The molecule has 9 nitrogen and oxygen atoms in total. The minimum Gasteiger partial charge on any atom is -0.490 e. The van der Waals surface area contributed by atoms with E-state index in [0.29, 0.717) is 17.1 Å². The van der Waals surface area contributed by atoms with Gasteiger partial charge in [0.05, 0.1) is 35.7 Å². The minimum atomic E-state index is -3.86. The number of amides is 1. The summed E-state index contributed by atoms with van der Waals surface area (Å²) in [7, 11) is -5.89. The molecule has 11 heteroatoms. The van der Waals surface area contributed by atoms with Gasteiger partial charge in [0.2, 0.25) is 25.8 Å². The molecule has 0 atom stereocenters. The number of para-hydroxylation sites is 1. The van der Waals surface area contributed by atoms with Crippen LogP contribution in [0.4, 0.5) is 17.1 Å². The quantitative estimate of drug-likeness (QED) is 0.409. The van der Waals surface area contributed by atoms with Gasteiger partial charge < -0.3 is 15.4 Å². The molecule has 0 aliphatic carbocycles. The number of aryl methyl sites for hydroxylation is 1. The van der Waals surface area contributed by atoms with Gasteiger partial charge in [0.25, 0.3) is 0 Å². The number of benzene rings is 3. The topological polar surface area (TPSA) is 122 Å². The molecular weight excluding hydrogens is 502 g/mol. The fraction of sp³-hybridized carbons (Fsp3) is 0.240. The highest BCUT2D eigenvalue weighted by Gasteiger charge is 2.24. The number of sulfonamides is 1. The van der Waals surface area contributed by atoms with E-state index in [1.54, 1.807) is 67.6 Å². The Balaban J connectivity index is 1.80. The Morgan fingerprint density at radius 1 is 0.972 bits per heavy atom. The van der Waals surface area contributed by atoms with Crippen molar-refractivity contribution in [2.45, 2.75) is 23.6 Å². The lowest BCUT2D eigenvalue weighted by atomic mass is 10.2. The Hall–Kier alpha value is -3.57. The molecule has 3 aromatic carbocycles. The van der Waals surface area contributed by atoms with Crippen molar-refractivity contribution in [3.8, 4) is 5.75 Å². The molecule has 192 valence electrons. The van der Waals surface area contributed by atoms with E-state index < -0.39 is 25.8 Å². The summed E-state index contributed by atoms with van der Waals surface area (Å²) in [5, 5.41) is 5.65. The first-order chi connectivity index (χ1) is 16.9. The summed E-state index contributed by atoms with van der Waals surface area (Å²) in [5.74, 6) is -0.284. The number of carbonyl (C=O) groups is 1. The highest BCUT2D eigenvalue weighted by Crippen LogP contribution is 2.36. The average Bonchev–Trinajstić information content (AvgIpc) is 2.82. The highest BCUT2D eigenvalue weighted by molar-refractivity contribution is 7.92. The van der Waals surface area contributed by atoms with Crippen molar-refractivity contribution in [1.29, 1.82) is 0 Å². The summed E-state index contributed by atoms with van der Waals surface area (Å²) < 4.78 is 57.0. The molecule has 2 N–H and O–H groups in total. The molecule has 0 bridgehead atoms. The van der Waals surface area contributed by atoms with Crippen molar-refractivity contribution in [3.63, 3.8) is 0 Å². The lowest BCUT2D eigenvalue weighted by molar-refractivity contribution is -0.114. The van der Waals surface area contributed by atoms with Gasteiger partial charge in [0.1, 0.15) is 4.90 Å². The zero-order chi connectivity index (χ0) is 26.5. The number of anilines is 3. The first-order valence-corrected chi connectivity index (χ1v) is 14.4. The molecule has 0 saturated carbocycles. The van der Waals surface area contributed by atoms with Crippen LogP contribution in [0.5, 0.6) is 5.75 Å². The Morgan fingerprint density at radius 2 is 1.64 bits per heavy atom. The summed E-state index contributed by atoms with van der Waals surface area (Å²) in [5.41, 5.74) is 2.10. The summed E-state index contributed by atoms with van der Waals surface area (Å²) >= 11 is 0. The molecule has 0 aliphatic heterocycles. The molecule has 3 rings (SSSR count). The third kappa shape index (κ3) is 6.35. The van der Waals surface area contributed by atoms with Gasteiger partial charge in [0, 0.05) is 12.7 Å². The highest BCUT2D eigenvalue weighted by atomic mass is 32.2. The van der Waals surface area contributed by atoms with Crippen molar-refractivity contribution in [1.82, 2.24) is 0 Å². The molecule has 1 amide bonds. The van der Waals surface area contributed by atoms with Crippen molar-refractivity contribution >= 4 is 42.8 Å². The fourth-order valence-corrected chi connectivity index (χ4v) is 5.27. The van der Waals surface area contributed by atoms with Crippen LogP contribution in [-0.4, -0.2) is 49.2 Å². The molecule has 36 heavy (non-hydrogen) atoms. The largest absolute Gasteiger partial charge is 0.490 e. The van der Waals surface area contributed by atoms with E-state index in [1.165, 1.54) is 13.1 Å². The molecule has 0 aromatic heterocycles. The monoisotopic (exact) mass is 531 g/mol. The Bertz CT molecular complexity index is 1450. The predicted molar refractivity (Wildman–Crippen MR) is 141 cm³/mol. The van der Waals surface area contributed by atoms with Gasteiger partial charge in [0.15, 0.2) is 5.75 Å². The molecule has 0 spiro atoms. The lowest BCUT2D eigenvalue weighted by Crippen LogP contribution is -2.25. The molecule has 0 unspecified atom stereocenters. The molecule has 3 aromatic rings. The van der Waals surface area contributed by atoms with E-state index in [0.717, 1.165) is 16.1 Å².